The SMILES string of the molecule is COc1ccc(-c2cc(CC(=O)N3CCc4ccccc4C3)no2)cc1. The molecule has 0 saturated carbocycles. The van der Waals surface area contributed by atoms with Gasteiger partial charge >= 0.3 is 0 Å². The fourth-order valence-corrected chi connectivity index (χ4v) is 3.26. The molecule has 0 atom stereocenters. The predicted molar refractivity (Wildman–Crippen MR) is 97.8 cm³/mol. The molecule has 0 aliphatic carbocycles. The van der Waals surface area contributed by atoms with Crippen molar-refractivity contribution < 1.29 is 14.1 Å². The van der Waals surface area contributed by atoms with Crippen molar-refractivity contribution in [1.82, 2.24) is 10.1 Å². The van der Waals surface area contributed by atoms with Crippen LogP contribution in [0.5, 0.6) is 5.75 Å². The summed E-state index contributed by atoms with van der Waals surface area (Å²) in [5.41, 5.74) is 4.12. The molecular weight excluding hydrogens is 328 g/mol. The lowest BCUT2D eigenvalue weighted by atomic mass is 9.99. The Bertz CT molecular complexity index is 915. The first-order chi connectivity index (χ1) is 12.7. The quantitative estimate of drug-likeness (QED) is 0.724. The molecular formula is C21H20N2O3. The average Bonchev–Trinajstić information content (AvgIpc) is 3.16. The second-order valence-corrected chi connectivity index (χ2v) is 6.42. The summed E-state index contributed by atoms with van der Waals surface area (Å²) < 4.78 is 10.6. The fraction of sp³-hybridized carbons (Fsp3) is 0.238. The summed E-state index contributed by atoms with van der Waals surface area (Å²) in [6.07, 6.45) is 1.15. The lowest BCUT2D eigenvalue weighted by Gasteiger charge is -2.28. The van der Waals surface area contributed by atoms with Crippen LogP contribution in [0.1, 0.15) is 16.8 Å². The molecule has 0 N–H and O–H groups in total. The van der Waals surface area contributed by atoms with Gasteiger partial charge in [0, 0.05) is 24.7 Å². The van der Waals surface area contributed by atoms with Gasteiger partial charge in [-0.1, -0.05) is 29.4 Å². The van der Waals surface area contributed by atoms with Gasteiger partial charge in [-0.05, 0) is 41.8 Å². The Morgan fingerprint density at radius 1 is 1.15 bits per heavy atom. The highest BCUT2D eigenvalue weighted by molar-refractivity contribution is 5.79. The van der Waals surface area contributed by atoms with Crippen molar-refractivity contribution in [3.63, 3.8) is 0 Å². The first-order valence-corrected chi connectivity index (χ1v) is 8.67. The van der Waals surface area contributed by atoms with Gasteiger partial charge in [0.15, 0.2) is 5.76 Å². The van der Waals surface area contributed by atoms with Crippen molar-refractivity contribution in [1.29, 1.82) is 0 Å². The van der Waals surface area contributed by atoms with E-state index in [1.165, 1.54) is 11.1 Å². The number of carbonyl (C=O) groups is 1. The van der Waals surface area contributed by atoms with Crippen LogP contribution in [0.2, 0.25) is 0 Å². The maximum absolute atomic E-state index is 12.6. The van der Waals surface area contributed by atoms with Crippen LogP contribution in [-0.2, 0) is 24.2 Å². The minimum Gasteiger partial charge on any atom is -0.497 e. The Kier molecular flexibility index (Phi) is 4.44. The van der Waals surface area contributed by atoms with E-state index in [1.54, 1.807) is 7.11 Å². The van der Waals surface area contributed by atoms with Gasteiger partial charge in [0.25, 0.3) is 0 Å². The number of ether oxygens (including phenoxy) is 1. The van der Waals surface area contributed by atoms with Crippen LogP contribution in [0.4, 0.5) is 0 Å². The number of rotatable bonds is 4. The second-order valence-electron chi connectivity index (χ2n) is 6.42. The van der Waals surface area contributed by atoms with Crippen molar-refractivity contribution >= 4 is 5.91 Å². The molecule has 1 aromatic heterocycles. The van der Waals surface area contributed by atoms with Gasteiger partial charge in [-0.2, -0.15) is 0 Å². The number of amides is 1. The van der Waals surface area contributed by atoms with Crippen LogP contribution >= 0.6 is 0 Å². The predicted octanol–water partition coefficient (Wildman–Crippen LogP) is 3.48. The highest BCUT2D eigenvalue weighted by atomic mass is 16.5. The average molecular weight is 348 g/mol. The van der Waals surface area contributed by atoms with E-state index >= 15 is 0 Å². The summed E-state index contributed by atoms with van der Waals surface area (Å²) in [6, 6.07) is 17.7. The van der Waals surface area contributed by atoms with Crippen LogP contribution in [0.15, 0.2) is 59.1 Å². The van der Waals surface area contributed by atoms with Crippen LogP contribution < -0.4 is 4.74 Å². The van der Waals surface area contributed by atoms with Gasteiger partial charge in [-0.25, -0.2) is 0 Å². The monoisotopic (exact) mass is 348 g/mol. The molecule has 2 aromatic carbocycles. The largest absolute Gasteiger partial charge is 0.497 e. The maximum Gasteiger partial charge on any atom is 0.229 e. The van der Waals surface area contributed by atoms with Crippen LogP contribution in [0, 0.1) is 0 Å². The lowest BCUT2D eigenvalue weighted by molar-refractivity contribution is -0.131. The van der Waals surface area contributed by atoms with E-state index < -0.39 is 0 Å². The number of fused-ring (bicyclic) bond motifs is 1. The van der Waals surface area contributed by atoms with Gasteiger partial charge in [0.05, 0.1) is 19.2 Å². The van der Waals surface area contributed by atoms with Gasteiger partial charge in [0.2, 0.25) is 5.91 Å². The summed E-state index contributed by atoms with van der Waals surface area (Å²) in [5.74, 6) is 1.52. The fourth-order valence-electron chi connectivity index (χ4n) is 3.26. The zero-order valence-electron chi connectivity index (χ0n) is 14.6. The van der Waals surface area contributed by atoms with E-state index in [0.717, 1.165) is 24.3 Å². The van der Waals surface area contributed by atoms with E-state index in [0.29, 0.717) is 18.0 Å². The molecule has 0 spiro atoms. The lowest BCUT2D eigenvalue weighted by Crippen LogP contribution is -2.36. The number of hydrogen-bond donors (Lipinski definition) is 0. The summed E-state index contributed by atoms with van der Waals surface area (Å²) in [7, 11) is 1.63. The molecule has 5 nitrogen and oxygen atoms in total. The highest BCUT2D eigenvalue weighted by Gasteiger charge is 2.21. The molecule has 4 rings (SSSR count). The molecule has 0 saturated heterocycles. The van der Waals surface area contributed by atoms with Crippen LogP contribution in [0.25, 0.3) is 11.3 Å². The minimum absolute atomic E-state index is 0.0779. The van der Waals surface area contributed by atoms with E-state index in [4.69, 9.17) is 9.26 Å². The third-order valence-electron chi connectivity index (χ3n) is 4.75. The molecule has 26 heavy (non-hydrogen) atoms. The van der Waals surface area contributed by atoms with E-state index in [-0.39, 0.29) is 12.3 Å². The Hall–Kier alpha value is -3.08. The molecule has 5 heteroatoms. The molecule has 0 unspecified atom stereocenters. The Labute approximate surface area is 152 Å². The van der Waals surface area contributed by atoms with Crippen molar-refractivity contribution in [2.75, 3.05) is 13.7 Å². The summed E-state index contributed by atoms with van der Waals surface area (Å²) >= 11 is 0. The molecule has 132 valence electrons. The van der Waals surface area contributed by atoms with Crippen molar-refractivity contribution in [2.45, 2.75) is 19.4 Å². The van der Waals surface area contributed by atoms with Crippen molar-refractivity contribution in [3.05, 3.63) is 71.4 Å². The maximum atomic E-state index is 12.6. The highest BCUT2D eigenvalue weighted by Crippen LogP contribution is 2.24. The van der Waals surface area contributed by atoms with Gasteiger partial charge in [-0.15, -0.1) is 0 Å². The number of carbonyl (C=O) groups excluding carboxylic acids is 1. The van der Waals surface area contributed by atoms with Crippen LogP contribution in [-0.4, -0.2) is 29.6 Å². The third-order valence-corrected chi connectivity index (χ3v) is 4.75. The van der Waals surface area contributed by atoms with Gasteiger partial charge < -0.3 is 14.2 Å². The van der Waals surface area contributed by atoms with E-state index in [9.17, 15) is 4.79 Å². The van der Waals surface area contributed by atoms with E-state index in [2.05, 4.69) is 17.3 Å². The third kappa shape index (κ3) is 3.33. The standard InChI is InChI=1S/C21H20N2O3/c1-25-19-8-6-16(7-9-19)20-12-18(22-26-20)13-21(24)23-11-10-15-4-2-3-5-17(15)14-23/h2-9,12H,10-11,13-14H2,1H3. The van der Waals surface area contributed by atoms with Crippen molar-refractivity contribution in [2.24, 2.45) is 0 Å². The molecule has 1 amide bonds. The molecule has 1 aliphatic rings. The first kappa shape index (κ1) is 16.4. The zero-order chi connectivity index (χ0) is 17.9. The molecule has 0 radical (unpaired) electrons. The summed E-state index contributed by atoms with van der Waals surface area (Å²) in [5, 5.41) is 4.06. The number of hydrogen-bond acceptors (Lipinski definition) is 4. The Morgan fingerprint density at radius 3 is 2.69 bits per heavy atom. The van der Waals surface area contributed by atoms with E-state index in [1.807, 2.05) is 47.4 Å². The number of benzene rings is 2. The smallest absolute Gasteiger partial charge is 0.229 e. The molecule has 0 bridgehead atoms. The van der Waals surface area contributed by atoms with Gasteiger partial charge in [0.1, 0.15) is 5.75 Å². The zero-order valence-corrected chi connectivity index (χ0v) is 14.6. The first-order valence-electron chi connectivity index (χ1n) is 8.67. The Balaban J connectivity index is 1.43. The molecule has 3 aromatic rings. The normalized spacial score (nSPS) is 13.3. The Morgan fingerprint density at radius 2 is 1.92 bits per heavy atom. The minimum atomic E-state index is 0.0779. The second kappa shape index (κ2) is 7.04. The van der Waals surface area contributed by atoms with Crippen LogP contribution in [0.3, 0.4) is 0 Å². The molecule has 2 heterocycles. The number of aromatic nitrogens is 1. The number of nitrogens with zero attached hydrogens (tertiary/aromatic N) is 2. The number of methoxy groups -OCH3 is 1. The summed E-state index contributed by atoms with van der Waals surface area (Å²) in [6.45, 7) is 1.41. The van der Waals surface area contributed by atoms with Crippen molar-refractivity contribution in [3.8, 4) is 17.1 Å². The van der Waals surface area contributed by atoms with Gasteiger partial charge in [-0.3, -0.25) is 4.79 Å². The molecule has 0 fully saturated rings. The topological polar surface area (TPSA) is 55.6 Å². The molecule has 1 aliphatic heterocycles. The summed E-state index contributed by atoms with van der Waals surface area (Å²) in [4.78, 5) is 14.5.